The highest BCUT2D eigenvalue weighted by Gasteiger charge is 2.31. The quantitative estimate of drug-likeness (QED) is 0.315. The van der Waals surface area contributed by atoms with Gasteiger partial charge in [0, 0.05) is 48.9 Å². The molecule has 2 aromatic heterocycles. The Morgan fingerprint density at radius 1 is 1.00 bits per heavy atom. The summed E-state index contributed by atoms with van der Waals surface area (Å²) < 4.78 is 42.1. The maximum absolute atomic E-state index is 13.5. The van der Waals surface area contributed by atoms with Gasteiger partial charge < -0.3 is 4.57 Å². The van der Waals surface area contributed by atoms with E-state index >= 15 is 0 Å². The molecule has 0 amide bonds. The first-order chi connectivity index (χ1) is 16.3. The number of carbonyl (C=O) groups is 1. The number of rotatable bonds is 5. The number of carbonyl (C=O) groups excluding carboxylic acids is 1. The van der Waals surface area contributed by atoms with Gasteiger partial charge in [0.15, 0.2) is 5.78 Å². The molecule has 0 N–H and O–H groups in total. The van der Waals surface area contributed by atoms with Crippen LogP contribution in [0.3, 0.4) is 0 Å². The largest absolute Gasteiger partial charge is 0.416 e. The fourth-order valence-corrected chi connectivity index (χ4v) is 3.43. The molecule has 4 rings (SSSR count). The number of hydrogen-bond donors (Lipinski definition) is 0. The van der Waals surface area contributed by atoms with Crippen molar-refractivity contribution in [1.29, 1.82) is 0 Å². The first-order valence-corrected chi connectivity index (χ1v) is 10.3. The van der Waals surface area contributed by atoms with Crippen molar-refractivity contribution < 1.29 is 18.0 Å². The summed E-state index contributed by atoms with van der Waals surface area (Å²) in [4.78, 5) is 24.7. The molecule has 0 aliphatic carbocycles. The maximum atomic E-state index is 13.5. The standard InChI is InChI=1S/C26H19F3N4O/c1-18-2-4-23(12-22(18)5-3-19-13-31-16-32-14-19)25(34)11-20-8-21(15-33-7-6-30-17-33)10-24(9-20)26(27,28)29/h2,4,6-10,12-14,16-17H,11,15H2,1H3. The Morgan fingerprint density at radius 2 is 1.76 bits per heavy atom. The van der Waals surface area contributed by atoms with Crippen LogP contribution >= 0.6 is 0 Å². The minimum Gasteiger partial charge on any atom is -0.333 e. The zero-order chi connectivity index (χ0) is 24.1. The number of imidazole rings is 1. The molecule has 0 fully saturated rings. The Hall–Kier alpha value is -4.25. The predicted molar refractivity (Wildman–Crippen MR) is 120 cm³/mol. The number of ketones is 1. The molecule has 170 valence electrons. The van der Waals surface area contributed by atoms with Crippen molar-refractivity contribution in [3.8, 4) is 11.8 Å². The van der Waals surface area contributed by atoms with E-state index in [1.165, 1.54) is 12.7 Å². The van der Waals surface area contributed by atoms with Gasteiger partial charge >= 0.3 is 6.18 Å². The molecule has 34 heavy (non-hydrogen) atoms. The molecular formula is C26H19F3N4O. The van der Waals surface area contributed by atoms with Crippen molar-refractivity contribution in [2.75, 3.05) is 0 Å². The summed E-state index contributed by atoms with van der Waals surface area (Å²) in [5.74, 6) is 5.67. The number of halogens is 3. The monoisotopic (exact) mass is 460 g/mol. The van der Waals surface area contributed by atoms with Crippen molar-refractivity contribution in [3.63, 3.8) is 0 Å². The summed E-state index contributed by atoms with van der Waals surface area (Å²) in [7, 11) is 0. The lowest BCUT2D eigenvalue weighted by Crippen LogP contribution is -2.10. The van der Waals surface area contributed by atoms with E-state index in [0.29, 0.717) is 27.8 Å². The van der Waals surface area contributed by atoms with Crippen molar-refractivity contribution in [2.45, 2.75) is 26.1 Å². The Morgan fingerprint density at radius 3 is 2.47 bits per heavy atom. The second kappa shape index (κ2) is 9.71. The van der Waals surface area contributed by atoms with Gasteiger partial charge in [0.2, 0.25) is 0 Å². The lowest BCUT2D eigenvalue weighted by atomic mass is 9.96. The van der Waals surface area contributed by atoms with Gasteiger partial charge in [-0.1, -0.05) is 30.0 Å². The second-order valence-corrected chi connectivity index (χ2v) is 7.78. The van der Waals surface area contributed by atoms with Crippen LogP contribution in [0.1, 0.15) is 43.7 Å². The minimum atomic E-state index is -4.52. The third-order valence-electron chi connectivity index (χ3n) is 5.13. The smallest absolute Gasteiger partial charge is 0.333 e. The highest BCUT2D eigenvalue weighted by atomic mass is 19.4. The SMILES string of the molecule is Cc1ccc(C(=O)Cc2cc(Cn3ccnc3)cc(C(F)(F)F)c2)cc1C#Cc1cncnc1. The van der Waals surface area contributed by atoms with Gasteiger partial charge in [-0.25, -0.2) is 15.0 Å². The summed E-state index contributed by atoms with van der Waals surface area (Å²) in [5, 5.41) is 0. The lowest BCUT2D eigenvalue weighted by Gasteiger charge is -2.13. The molecule has 8 heteroatoms. The van der Waals surface area contributed by atoms with Crippen LogP contribution in [0.25, 0.3) is 0 Å². The molecular weight excluding hydrogens is 441 g/mol. The van der Waals surface area contributed by atoms with E-state index in [4.69, 9.17) is 0 Å². The number of aryl methyl sites for hydroxylation is 1. The zero-order valence-corrected chi connectivity index (χ0v) is 18.2. The molecule has 5 nitrogen and oxygen atoms in total. The zero-order valence-electron chi connectivity index (χ0n) is 18.2. The van der Waals surface area contributed by atoms with Gasteiger partial charge in [0.25, 0.3) is 0 Å². The van der Waals surface area contributed by atoms with Gasteiger partial charge in [0.05, 0.1) is 17.5 Å². The molecule has 0 aliphatic heterocycles. The van der Waals surface area contributed by atoms with E-state index in [1.54, 1.807) is 53.6 Å². The van der Waals surface area contributed by atoms with Crippen LogP contribution in [0.5, 0.6) is 0 Å². The number of hydrogen-bond acceptors (Lipinski definition) is 4. The number of alkyl halides is 3. The van der Waals surface area contributed by atoms with E-state index in [2.05, 4.69) is 26.8 Å². The van der Waals surface area contributed by atoms with Crippen LogP contribution in [-0.4, -0.2) is 25.3 Å². The molecule has 4 aromatic rings. The molecule has 0 unspecified atom stereocenters. The summed E-state index contributed by atoms with van der Waals surface area (Å²) in [6.07, 6.45) is 4.65. The molecule has 0 spiro atoms. The molecule has 0 aliphatic rings. The number of nitrogens with zero attached hydrogens (tertiary/aromatic N) is 4. The van der Waals surface area contributed by atoms with E-state index in [9.17, 15) is 18.0 Å². The molecule has 0 saturated heterocycles. The highest BCUT2D eigenvalue weighted by Crippen LogP contribution is 2.31. The minimum absolute atomic E-state index is 0.163. The molecule has 0 saturated carbocycles. The summed E-state index contributed by atoms with van der Waals surface area (Å²) in [6, 6.07) is 8.84. The Labute approximate surface area is 194 Å². The second-order valence-electron chi connectivity index (χ2n) is 7.78. The Balaban J connectivity index is 1.60. The highest BCUT2D eigenvalue weighted by molar-refractivity contribution is 5.98. The van der Waals surface area contributed by atoms with Crippen LogP contribution in [0.2, 0.25) is 0 Å². The van der Waals surface area contributed by atoms with E-state index < -0.39 is 11.7 Å². The normalized spacial score (nSPS) is 11.1. The predicted octanol–water partition coefficient (Wildman–Crippen LogP) is 4.87. The molecule has 0 bridgehead atoms. The van der Waals surface area contributed by atoms with Crippen LogP contribution in [-0.2, 0) is 19.1 Å². The molecule has 2 heterocycles. The lowest BCUT2D eigenvalue weighted by molar-refractivity contribution is -0.137. The third kappa shape index (κ3) is 5.75. The first kappa shape index (κ1) is 22.9. The molecule has 0 atom stereocenters. The van der Waals surface area contributed by atoms with E-state index in [-0.39, 0.29) is 18.7 Å². The molecule has 0 radical (unpaired) electrons. The number of Topliss-reactive ketones (excluding diaryl/α,β-unsaturated/α-hetero) is 1. The van der Waals surface area contributed by atoms with Crippen LogP contribution < -0.4 is 0 Å². The summed E-state index contributed by atoms with van der Waals surface area (Å²) >= 11 is 0. The van der Waals surface area contributed by atoms with E-state index in [0.717, 1.165) is 17.7 Å². The third-order valence-corrected chi connectivity index (χ3v) is 5.13. The topological polar surface area (TPSA) is 60.7 Å². The molecule has 2 aromatic carbocycles. The van der Waals surface area contributed by atoms with Crippen LogP contribution in [0.4, 0.5) is 13.2 Å². The summed E-state index contributed by atoms with van der Waals surface area (Å²) in [6.45, 7) is 2.09. The maximum Gasteiger partial charge on any atom is 0.416 e. The van der Waals surface area contributed by atoms with Gasteiger partial charge in [-0.05, 0) is 41.8 Å². The van der Waals surface area contributed by atoms with Crippen molar-refractivity contribution in [2.24, 2.45) is 0 Å². The van der Waals surface area contributed by atoms with Gasteiger partial charge in [0.1, 0.15) is 6.33 Å². The Kier molecular flexibility index (Phi) is 6.55. The first-order valence-electron chi connectivity index (χ1n) is 10.3. The van der Waals surface area contributed by atoms with Gasteiger partial charge in [-0.2, -0.15) is 13.2 Å². The van der Waals surface area contributed by atoms with Crippen molar-refractivity contribution in [1.82, 2.24) is 19.5 Å². The average molecular weight is 460 g/mol. The van der Waals surface area contributed by atoms with Crippen LogP contribution in [0, 0.1) is 18.8 Å². The van der Waals surface area contributed by atoms with E-state index in [1.807, 2.05) is 6.92 Å². The average Bonchev–Trinajstić information content (AvgIpc) is 3.31. The van der Waals surface area contributed by atoms with Crippen molar-refractivity contribution in [3.05, 3.63) is 113 Å². The van der Waals surface area contributed by atoms with Gasteiger partial charge in [-0.15, -0.1) is 0 Å². The fraction of sp³-hybridized carbons (Fsp3) is 0.154. The number of benzene rings is 2. The number of aromatic nitrogens is 4. The fourth-order valence-electron chi connectivity index (χ4n) is 3.43. The van der Waals surface area contributed by atoms with Crippen molar-refractivity contribution >= 4 is 5.78 Å². The summed E-state index contributed by atoms with van der Waals surface area (Å²) in [5.41, 5.74) is 2.50. The Bertz CT molecular complexity index is 1370. The van der Waals surface area contributed by atoms with Crippen LogP contribution in [0.15, 0.2) is 73.8 Å². The van der Waals surface area contributed by atoms with Gasteiger partial charge in [-0.3, -0.25) is 4.79 Å².